The van der Waals surface area contributed by atoms with E-state index in [9.17, 15) is 22.4 Å². The predicted molar refractivity (Wildman–Crippen MR) is 116 cm³/mol. The summed E-state index contributed by atoms with van der Waals surface area (Å²) in [4.78, 5) is 15.8. The molecular weight excluding hydrogens is 426 g/mol. The van der Waals surface area contributed by atoms with Crippen molar-refractivity contribution in [2.45, 2.75) is 23.7 Å². The highest BCUT2D eigenvalue weighted by atomic mass is 32.2. The van der Waals surface area contributed by atoms with E-state index in [-0.39, 0.29) is 27.6 Å². The number of fused-ring (bicyclic) bond motifs is 1. The van der Waals surface area contributed by atoms with E-state index in [1.807, 2.05) is 24.3 Å². The molecule has 0 aliphatic heterocycles. The number of nitrogens with one attached hydrogen (secondary N) is 1. The molecule has 0 amide bonds. The number of pyridine rings is 1. The first kappa shape index (κ1) is 21.2. The lowest BCUT2D eigenvalue weighted by molar-refractivity contribution is -0.0328. The molecule has 31 heavy (non-hydrogen) atoms. The topological polar surface area (TPSA) is 32.9 Å². The van der Waals surface area contributed by atoms with Gasteiger partial charge in [-0.3, -0.25) is 4.79 Å². The van der Waals surface area contributed by atoms with Crippen LogP contribution in [0.3, 0.4) is 0 Å². The fraction of sp³-hybridized carbons (Fsp3) is 0.125. The van der Waals surface area contributed by atoms with Gasteiger partial charge in [0.05, 0.1) is 11.2 Å². The van der Waals surface area contributed by atoms with Crippen LogP contribution in [0.5, 0.6) is 0 Å². The zero-order valence-electron chi connectivity index (χ0n) is 16.4. The Bertz CT molecular complexity index is 1290. The highest BCUT2D eigenvalue weighted by Gasteiger charge is 2.29. The predicted octanol–water partition coefficient (Wildman–Crippen LogP) is 6.85. The lowest BCUT2D eigenvalue weighted by atomic mass is 10.00. The highest BCUT2D eigenvalue weighted by molar-refractivity contribution is 8.00. The number of alkyl halides is 3. The zero-order valence-corrected chi connectivity index (χ0v) is 17.2. The molecule has 0 aliphatic carbocycles. The summed E-state index contributed by atoms with van der Waals surface area (Å²) in [5.41, 5.74) is -0.685. The Morgan fingerprint density at radius 2 is 1.52 bits per heavy atom. The van der Waals surface area contributed by atoms with Gasteiger partial charge < -0.3 is 4.98 Å². The SMILES string of the molecule is Cc1c(-c2ccc(Cc3ccc(SC(F)(F)F)cc3)cc2)[nH]c2c(F)cccc2c1=O. The maximum absolute atomic E-state index is 14.2. The Morgan fingerprint density at radius 3 is 2.13 bits per heavy atom. The van der Waals surface area contributed by atoms with Gasteiger partial charge in [-0.05, 0) is 66.1 Å². The highest BCUT2D eigenvalue weighted by Crippen LogP contribution is 2.36. The smallest absolute Gasteiger partial charge is 0.352 e. The van der Waals surface area contributed by atoms with E-state index in [4.69, 9.17) is 0 Å². The van der Waals surface area contributed by atoms with Gasteiger partial charge in [0.1, 0.15) is 5.82 Å². The van der Waals surface area contributed by atoms with Crippen molar-refractivity contribution < 1.29 is 17.6 Å². The minimum absolute atomic E-state index is 0.136. The van der Waals surface area contributed by atoms with Gasteiger partial charge in [-0.25, -0.2) is 4.39 Å². The Kier molecular flexibility index (Phi) is 5.62. The van der Waals surface area contributed by atoms with E-state index < -0.39 is 11.3 Å². The normalized spacial score (nSPS) is 11.8. The number of hydrogen-bond donors (Lipinski definition) is 1. The van der Waals surface area contributed by atoms with E-state index in [0.717, 1.165) is 16.7 Å². The molecule has 158 valence electrons. The summed E-state index contributed by atoms with van der Waals surface area (Å²) in [5.74, 6) is -0.486. The number of thioether (sulfide) groups is 1. The van der Waals surface area contributed by atoms with Crippen LogP contribution in [0, 0.1) is 12.7 Å². The molecule has 0 atom stereocenters. The fourth-order valence-corrected chi connectivity index (χ4v) is 4.04. The van der Waals surface area contributed by atoms with Crippen LogP contribution >= 0.6 is 11.8 Å². The van der Waals surface area contributed by atoms with Crippen molar-refractivity contribution >= 4 is 22.7 Å². The molecule has 0 radical (unpaired) electrons. The standard InChI is InChI=1S/C24H17F4NOS/c1-14-21(29-22-19(23(14)30)3-2-4-20(22)25)17-9-5-15(6-10-17)13-16-7-11-18(12-8-16)31-24(26,27)28/h2-12H,13H2,1H3,(H,29,30). The quantitative estimate of drug-likeness (QED) is 0.277. The minimum atomic E-state index is -4.30. The van der Waals surface area contributed by atoms with E-state index in [0.29, 0.717) is 23.1 Å². The molecule has 4 rings (SSSR count). The van der Waals surface area contributed by atoms with Crippen molar-refractivity contribution in [3.05, 3.63) is 99.5 Å². The summed E-state index contributed by atoms with van der Waals surface area (Å²) in [7, 11) is 0. The number of aromatic amines is 1. The zero-order chi connectivity index (χ0) is 22.2. The maximum atomic E-state index is 14.2. The van der Waals surface area contributed by atoms with Crippen molar-refractivity contribution in [2.75, 3.05) is 0 Å². The van der Waals surface area contributed by atoms with Gasteiger partial charge in [0.15, 0.2) is 5.43 Å². The number of halogens is 4. The molecular formula is C24H17F4NOS. The summed E-state index contributed by atoms with van der Waals surface area (Å²) < 4.78 is 51.5. The van der Waals surface area contributed by atoms with Gasteiger partial charge in [0.25, 0.3) is 0 Å². The summed E-state index contributed by atoms with van der Waals surface area (Å²) in [6, 6.07) is 18.1. The molecule has 0 unspecified atom stereocenters. The van der Waals surface area contributed by atoms with Crippen molar-refractivity contribution in [3.8, 4) is 11.3 Å². The monoisotopic (exact) mass is 443 g/mol. The molecule has 0 spiro atoms. The molecule has 0 fully saturated rings. The number of H-pyrrole nitrogens is 1. The van der Waals surface area contributed by atoms with Crippen LogP contribution in [0.25, 0.3) is 22.2 Å². The number of aromatic nitrogens is 1. The van der Waals surface area contributed by atoms with Gasteiger partial charge in [-0.1, -0.05) is 42.5 Å². The Balaban J connectivity index is 1.58. The van der Waals surface area contributed by atoms with Gasteiger partial charge in [-0.2, -0.15) is 13.2 Å². The largest absolute Gasteiger partial charge is 0.446 e. The molecule has 3 aromatic carbocycles. The molecule has 4 aromatic rings. The van der Waals surface area contributed by atoms with E-state index in [1.54, 1.807) is 25.1 Å². The van der Waals surface area contributed by atoms with Crippen molar-refractivity contribution in [2.24, 2.45) is 0 Å². The van der Waals surface area contributed by atoms with Crippen molar-refractivity contribution in [1.82, 2.24) is 4.98 Å². The first-order valence-electron chi connectivity index (χ1n) is 9.46. The number of rotatable bonds is 4. The van der Waals surface area contributed by atoms with E-state index in [1.165, 1.54) is 24.3 Å². The number of hydrogen-bond acceptors (Lipinski definition) is 2. The summed E-state index contributed by atoms with van der Waals surface area (Å²) in [6.45, 7) is 1.70. The molecule has 1 heterocycles. The molecule has 1 aromatic heterocycles. The molecule has 2 nitrogen and oxygen atoms in total. The van der Waals surface area contributed by atoms with Crippen LogP contribution in [0.4, 0.5) is 17.6 Å². The second-order valence-corrected chi connectivity index (χ2v) is 8.32. The van der Waals surface area contributed by atoms with Crippen LogP contribution in [0.1, 0.15) is 16.7 Å². The molecule has 0 aliphatic rings. The molecule has 0 saturated carbocycles. The van der Waals surface area contributed by atoms with Crippen molar-refractivity contribution in [1.29, 1.82) is 0 Å². The summed E-state index contributed by atoms with van der Waals surface area (Å²) in [5, 5.41) is 0.310. The maximum Gasteiger partial charge on any atom is 0.446 e. The van der Waals surface area contributed by atoms with Crippen molar-refractivity contribution in [3.63, 3.8) is 0 Å². The van der Waals surface area contributed by atoms with Crippen LogP contribution in [-0.4, -0.2) is 10.5 Å². The third kappa shape index (κ3) is 4.66. The van der Waals surface area contributed by atoms with Gasteiger partial charge in [0.2, 0.25) is 0 Å². The Hall–Kier alpha value is -3.06. The second-order valence-electron chi connectivity index (χ2n) is 7.18. The van der Waals surface area contributed by atoms with Gasteiger partial charge in [-0.15, -0.1) is 0 Å². The fourth-order valence-electron chi connectivity index (χ4n) is 3.50. The number of benzene rings is 3. The summed E-state index contributed by atoms with van der Waals surface area (Å²) >= 11 is -0.136. The third-order valence-corrected chi connectivity index (χ3v) is 5.77. The molecule has 1 N–H and O–H groups in total. The average Bonchev–Trinajstić information content (AvgIpc) is 2.72. The molecule has 0 bridgehead atoms. The van der Waals surface area contributed by atoms with Gasteiger partial charge >= 0.3 is 5.51 Å². The minimum Gasteiger partial charge on any atom is -0.352 e. The first-order chi connectivity index (χ1) is 14.7. The average molecular weight is 443 g/mol. The molecule has 0 saturated heterocycles. The second kappa shape index (κ2) is 8.23. The summed E-state index contributed by atoms with van der Waals surface area (Å²) in [6.07, 6.45) is 0.555. The van der Waals surface area contributed by atoms with E-state index in [2.05, 4.69) is 4.98 Å². The van der Waals surface area contributed by atoms with Gasteiger partial charge in [0, 0.05) is 15.8 Å². The number of para-hydroxylation sites is 1. The van der Waals surface area contributed by atoms with E-state index >= 15 is 0 Å². The lowest BCUT2D eigenvalue weighted by Gasteiger charge is -2.10. The van der Waals surface area contributed by atoms with Crippen LogP contribution < -0.4 is 5.43 Å². The van der Waals surface area contributed by atoms with Crippen LogP contribution in [0.15, 0.2) is 76.4 Å². The Labute approximate surface area is 179 Å². The first-order valence-corrected chi connectivity index (χ1v) is 10.3. The Morgan fingerprint density at radius 1 is 0.903 bits per heavy atom. The van der Waals surface area contributed by atoms with Crippen LogP contribution in [0.2, 0.25) is 0 Å². The molecule has 7 heteroatoms. The van der Waals surface area contributed by atoms with Crippen LogP contribution in [-0.2, 0) is 6.42 Å². The lowest BCUT2D eigenvalue weighted by Crippen LogP contribution is -2.10. The third-order valence-electron chi connectivity index (χ3n) is 5.03.